The second-order valence-electron chi connectivity index (χ2n) is 7.33. The van der Waals surface area contributed by atoms with Gasteiger partial charge < -0.3 is 4.74 Å². The van der Waals surface area contributed by atoms with Gasteiger partial charge >= 0.3 is 0 Å². The van der Waals surface area contributed by atoms with Crippen LogP contribution in [0.1, 0.15) is 16.7 Å². The molecule has 0 aromatic heterocycles. The lowest BCUT2D eigenvalue weighted by atomic mass is 10.2. The fourth-order valence-electron chi connectivity index (χ4n) is 2.96. The van der Waals surface area contributed by atoms with E-state index in [0.717, 1.165) is 15.4 Å². The summed E-state index contributed by atoms with van der Waals surface area (Å²) in [5.41, 5.74) is 5.08. The number of amides is 1. The van der Waals surface area contributed by atoms with Crippen LogP contribution in [-0.2, 0) is 14.8 Å². The zero-order chi connectivity index (χ0) is 24.0. The SMILES string of the molecule is COc1cccc(/C=N\NC(=O)CN(c2ccc(C)c(Cl)c2)S(=O)(=O)c2ccc(C)cc2)c1. The molecule has 0 fully saturated rings. The normalized spacial score (nSPS) is 11.4. The number of sulfonamides is 1. The van der Waals surface area contributed by atoms with Crippen molar-refractivity contribution in [3.8, 4) is 5.75 Å². The summed E-state index contributed by atoms with van der Waals surface area (Å²) >= 11 is 6.23. The fraction of sp³-hybridized carbons (Fsp3) is 0.167. The molecule has 0 bridgehead atoms. The number of rotatable bonds is 8. The van der Waals surface area contributed by atoms with E-state index in [1.807, 2.05) is 13.8 Å². The van der Waals surface area contributed by atoms with Crippen LogP contribution in [0.4, 0.5) is 5.69 Å². The maximum absolute atomic E-state index is 13.4. The predicted molar refractivity (Wildman–Crippen MR) is 131 cm³/mol. The highest BCUT2D eigenvalue weighted by Crippen LogP contribution is 2.28. The molecule has 0 aliphatic carbocycles. The van der Waals surface area contributed by atoms with Gasteiger partial charge in [-0.05, 0) is 61.4 Å². The Morgan fingerprint density at radius 3 is 2.48 bits per heavy atom. The van der Waals surface area contributed by atoms with Gasteiger partial charge in [0.2, 0.25) is 0 Å². The maximum atomic E-state index is 13.4. The number of aryl methyl sites for hydroxylation is 2. The topological polar surface area (TPSA) is 88.1 Å². The molecular formula is C24H24ClN3O4S. The Bertz CT molecular complexity index is 1280. The van der Waals surface area contributed by atoms with Crippen molar-refractivity contribution in [1.29, 1.82) is 0 Å². The highest BCUT2D eigenvalue weighted by atomic mass is 35.5. The van der Waals surface area contributed by atoms with Gasteiger partial charge in [0.05, 0.1) is 23.9 Å². The number of nitrogens with zero attached hydrogens (tertiary/aromatic N) is 2. The molecule has 9 heteroatoms. The Morgan fingerprint density at radius 2 is 1.82 bits per heavy atom. The van der Waals surface area contributed by atoms with E-state index in [0.29, 0.717) is 16.3 Å². The number of hydrogen-bond acceptors (Lipinski definition) is 5. The van der Waals surface area contributed by atoms with Crippen LogP contribution in [0, 0.1) is 13.8 Å². The number of nitrogens with one attached hydrogen (secondary N) is 1. The molecule has 1 amide bonds. The fourth-order valence-corrected chi connectivity index (χ4v) is 4.54. The van der Waals surface area contributed by atoms with Crippen LogP contribution >= 0.6 is 11.6 Å². The van der Waals surface area contributed by atoms with Gasteiger partial charge in [0.15, 0.2) is 0 Å². The molecule has 7 nitrogen and oxygen atoms in total. The minimum Gasteiger partial charge on any atom is -0.497 e. The number of hydrazone groups is 1. The summed E-state index contributed by atoms with van der Waals surface area (Å²) in [4.78, 5) is 12.7. The van der Waals surface area contributed by atoms with Crippen molar-refractivity contribution < 1.29 is 17.9 Å². The molecule has 0 heterocycles. The van der Waals surface area contributed by atoms with Gasteiger partial charge in [-0.3, -0.25) is 9.10 Å². The highest BCUT2D eigenvalue weighted by Gasteiger charge is 2.27. The van der Waals surface area contributed by atoms with Crippen molar-refractivity contribution in [2.24, 2.45) is 5.10 Å². The molecule has 1 N–H and O–H groups in total. The molecule has 172 valence electrons. The molecule has 3 aromatic rings. The first kappa shape index (κ1) is 24.3. The van der Waals surface area contributed by atoms with Crippen LogP contribution in [0.2, 0.25) is 5.02 Å². The number of hydrogen-bond donors (Lipinski definition) is 1. The molecule has 0 saturated carbocycles. The average Bonchev–Trinajstić information content (AvgIpc) is 2.80. The number of halogens is 1. The average molecular weight is 486 g/mol. The van der Waals surface area contributed by atoms with Crippen LogP contribution in [0.5, 0.6) is 5.75 Å². The molecule has 0 saturated heterocycles. The van der Waals surface area contributed by atoms with E-state index in [4.69, 9.17) is 16.3 Å². The van der Waals surface area contributed by atoms with E-state index in [-0.39, 0.29) is 10.6 Å². The van der Waals surface area contributed by atoms with Crippen LogP contribution < -0.4 is 14.5 Å². The monoisotopic (exact) mass is 485 g/mol. The van der Waals surface area contributed by atoms with Crippen LogP contribution in [0.25, 0.3) is 0 Å². The molecule has 0 spiro atoms. The molecule has 3 aromatic carbocycles. The van der Waals surface area contributed by atoms with Gasteiger partial charge in [0.25, 0.3) is 15.9 Å². The maximum Gasteiger partial charge on any atom is 0.264 e. The lowest BCUT2D eigenvalue weighted by Gasteiger charge is -2.24. The van der Waals surface area contributed by atoms with Crippen molar-refractivity contribution in [2.75, 3.05) is 18.0 Å². The summed E-state index contributed by atoms with van der Waals surface area (Å²) in [5, 5.41) is 4.33. The second kappa shape index (κ2) is 10.5. The van der Waals surface area contributed by atoms with Crippen LogP contribution in [0.3, 0.4) is 0 Å². The second-order valence-corrected chi connectivity index (χ2v) is 9.60. The number of ether oxygens (including phenoxy) is 1. The van der Waals surface area contributed by atoms with E-state index < -0.39 is 22.5 Å². The molecule has 3 rings (SSSR count). The van der Waals surface area contributed by atoms with Gasteiger partial charge in [-0.25, -0.2) is 13.8 Å². The van der Waals surface area contributed by atoms with Crippen LogP contribution in [0.15, 0.2) is 76.7 Å². The third-order valence-corrected chi connectivity index (χ3v) is 7.03. The van der Waals surface area contributed by atoms with E-state index in [1.54, 1.807) is 55.6 Å². The summed E-state index contributed by atoms with van der Waals surface area (Å²) in [6, 6.07) is 18.4. The summed E-state index contributed by atoms with van der Waals surface area (Å²) in [7, 11) is -2.48. The number of anilines is 1. The van der Waals surface area contributed by atoms with Gasteiger partial charge in [0, 0.05) is 5.02 Å². The molecular weight excluding hydrogens is 462 g/mol. The first-order valence-corrected chi connectivity index (χ1v) is 11.8. The zero-order valence-corrected chi connectivity index (χ0v) is 20.0. The third-order valence-electron chi connectivity index (χ3n) is 4.84. The van der Waals surface area contributed by atoms with E-state index >= 15 is 0 Å². The Morgan fingerprint density at radius 1 is 1.09 bits per heavy atom. The number of carbonyl (C=O) groups is 1. The van der Waals surface area contributed by atoms with Crippen molar-refractivity contribution in [3.63, 3.8) is 0 Å². The van der Waals surface area contributed by atoms with E-state index in [1.165, 1.54) is 24.4 Å². The Balaban J connectivity index is 1.86. The molecule has 0 aliphatic heterocycles. The molecule has 0 atom stereocenters. The lowest BCUT2D eigenvalue weighted by Crippen LogP contribution is -2.39. The Hall–Kier alpha value is -3.36. The predicted octanol–water partition coefficient (Wildman–Crippen LogP) is 4.31. The summed E-state index contributed by atoms with van der Waals surface area (Å²) in [6.45, 7) is 3.19. The van der Waals surface area contributed by atoms with Gasteiger partial charge in [-0.2, -0.15) is 5.10 Å². The van der Waals surface area contributed by atoms with Gasteiger partial charge in [0.1, 0.15) is 12.3 Å². The van der Waals surface area contributed by atoms with Crippen LogP contribution in [-0.4, -0.2) is 34.2 Å². The number of benzene rings is 3. The van der Waals surface area contributed by atoms with E-state index in [2.05, 4.69) is 10.5 Å². The van der Waals surface area contributed by atoms with Crippen molar-refractivity contribution >= 4 is 39.4 Å². The van der Waals surface area contributed by atoms with Gasteiger partial charge in [-0.1, -0.05) is 47.5 Å². The lowest BCUT2D eigenvalue weighted by molar-refractivity contribution is -0.119. The summed E-state index contributed by atoms with van der Waals surface area (Å²) in [6.07, 6.45) is 1.45. The number of carbonyl (C=O) groups excluding carboxylic acids is 1. The first-order valence-electron chi connectivity index (χ1n) is 10.0. The largest absolute Gasteiger partial charge is 0.497 e. The Kier molecular flexibility index (Phi) is 7.73. The van der Waals surface area contributed by atoms with Gasteiger partial charge in [-0.15, -0.1) is 0 Å². The summed E-state index contributed by atoms with van der Waals surface area (Å²) < 4.78 is 33.0. The third kappa shape index (κ3) is 6.12. The zero-order valence-electron chi connectivity index (χ0n) is 18.4. The molecule has 0 radical (unpaired) electrons. The minimum absolute atomic E-state index is 0.0671. The smallest absolute Gasteiger partial charge is 0.264 e. The highest BCUT2D eigenvalue weighted by molar-refractivity contribution is 7.92. The molecule has 0 unspecified atom stereocenters. The first-order chi connectivity index (χ1) is 15.7. The minimum atomic E-state index is -4.04. The Labute approximate surface area is 198 Å². The molecule has 33 heavy (non-hydrogen) atoms. The molecule has 0 aliphatic rings. The van der Waals surface area contributed by atoms with E-state index in [9.17, 15) is 13.2 Å². The standard InChI is InChI=1S/C24H24ClN3O4S/c1-17-7-11-22(12-8-17)33(30,31)28(20-10-9-18(2)23(25)14-20)16-24(29)27-26-15-19-5-4-6-21(13-19)32-3/h4-15H,16H2,1-3H3,(H,27,29)/b26-15-. The quantitative estimate of drug-likeness (QED) is 0.380. The number of methoxy groups -OCH3 is 1. The van der Waals surface area contributed by atoms with Crippen molar-refractivity contribution in [3.05, 3.63) is 88.4 Å². The summed E-state index contributed by atoms with van der Waals surface area (Å²) in [5.74, 6) is 0.0402. The van der Waals surface area contributed by atoms with Crippen molar-refractivity contribution in [2.45, 2.75) is 18.7 Å². The van der Waals surface area contributed by atoms with Crippen molar-refractivity contribution in [1.82, 2.24) is 5.43 Å².